The van der Waals surface area contributed by atoms with Crippen molar-refractivity contribution < 1.29 is 24.2 Å². The number of likely N-dealkylation sites (tertiary alicyclic amines) is 1. The van der Waals surface area contributed by atoms with Crippen molar-refractivity contribution in [3.05, 3.63) is 23.8 Å². The molecule has 8 nitrogen and oxygen atoms in total. The summed E-state index contributed by atoms with van der Waals surface area (Å²) >= 11 is 0. The lowest BCUT2D eigenvalue weighted by Crippen LogP contribution is -2.46. The third-order valence-corrected chi connectivity index (χ3v) is 7.41. The van der Waals surface area contributed by atoms with Gasteiger partial charge in [-0.3, -0.25) is 9.59 Å². The van der Waals surface area contributed by atoms with Crippen LogP contribution in [0.5, 0.6) is 11.5 Å². The number of fused-ring (bicyclic) bond motifs is 1. The summed E-state index contributed by atoms with van der Waals surface area (Å²) in [5, 5.41) is 13.6. The molecular weight excluding hydrogens is 434 g/mol. The van der Waals surface area contributed by atoms with Crippen molar-refractivity contribution in [2.24, 2.45) is 16.9 Å². The van der Waals surface area contributed by atoms with Crippen molar-refractivity contribution in [1.82, 2.24) is 10.3 Å². The number of nitrogens with zero attached hydrogens (tertiary/aromatic N) is 2. The number of carbonyl (C=O) groups is 2. The minimum absolute atomic E-state index is 0.00286. The van der Waals surface area contributed by atoms with E-state index in [2.05, 4.69) is 34.6 Å². The Labute approximate surface area is 202 Å². The average Bonchev–Trinajstić information content (AvgIpc) is 3.13. The summed E-state index contributed by atoms with van der Waals surface area (Å²) in [5.74, 6) is 0.549. The van der Waals surface area contributed by atoms with Gasteiger partial charge in [-0.15, -0.1) is 0 Å². The quantitative estimate of drug-likeness (QED) is 0.501. The van der Waals surface area contributed by atoms with Gasteiger partial charge in [-0.2, -0.15) is 5.10 Å². The molecule has 2 fully saturated rings. The number of hydrogen-bond acceptors (Lipinski definition) is 6. The van der Waals surface area contributed by atoms with Crippen LogP contribution in [0.2, 0.25) is 0 Å². The van der Waals surface area contributed by atoms with Crippen molar-refractivity contribution in [2.75, 3.05) is 27.8 Å². The van der Waals surface area contributed by atoms with Crippen molar-refractivity contribution in [1.29, 1.82) is 0 Å². The maximum absolute atomic E-state index is 12.5. The van der Waals surface area contributed by atoms with E-state index in [-0.39, 0.29) is 36.1 Å². The second-order valence-corrected chi connectivity index (χ2v) is 10.2. The molecule has 188 valence electrons. The third-order valence-electron chi connectivity index (χ3n) is 7.41. The Morgan fingerprint density at radius 2 is 1.94 bits per heavy atom. The van der Waals surface area contributed by atoms with Crippen LogP contribution in [-0.4, -0.2) is 61.4 Å². The molecule has 2 aliphatic rings. The second-order valence-electron chi connectivity index (χ2n) is 10.2. The van der Waals surface area contributed by atoms with Crippen LogP contribution in [0.15, 0.2) is 23.3 Å². The molecule has 2 N–H and O–H groups in total. The van der Waals surface area contributed by atoms with Crippen molar-refractivity contribution in [3.8, 4) is 11.5 Å². The highest BCUT2D eigenvalue weighted by Gasteiger charge is 2.50. The Kier molecular flexibility index (Phi) is 8.57. The Balaban J connectivity index is 1.70. The van der Waals surface area contributed by atoms with Crippen LogP contribution in [0.25, 0.3) is 0 Å². The van der Waals surface area contributed by atoms with Crippen LogP contribution in [0.3, 0.4) is 0 Å². The summed E-state index contributed by atoms with van der Waals surface area (Å²) in [6.07, 6.45) is 4.50. The zero-order valence-electron chi connectivity index (χ0n) is 21.1. The summed E-state index contributed by atoms with van der Waals surface area (Å²) in [6.45, 7) is 5.08. The maximum Gasteiger partial charge on any atom is 0.303 e. The minimum Gasteiger partial charge on any atom is -0.493 e. The first-order valence-corrected chi connectivity index (χ1v) is 12.2. The van der Waals surface area contributed by atoms with Gasteiger partial charge in [0.1, 0.15) is 0 Å². The van der Waals surface area contributed by atoms with E-state index in [0.717, 1.165) is 49.4 Å². The van der Waals surface area contributed by atoms with Crippen LogP contribution >= 0.6 is 0 Å². The van der Waals surface area contributed by atoms with Gasteiger partial charge in [0.15, 0.2) is 11.5 Å². The maximum atomic E-state index is 12.5. The highest BCUT2D eigenvalue weighted by molar-refractivity contribution is 5.88. The summed E-state index contributed by atoms with van der Waals surface area (Å²) < 4.78 is 11.0. The number of hydrogen-bond donors (Lipinski definition) is 2. The molecule has 1 saturated heterocycles. The number of rotatable bonds is 10. The van der Waals surface area contributed by atoms with E-state index in [0.29, 0.717) is 12.3 Å². The first-order valence-electron chi connectivity index (χ1n) is 12.2. The molecule has 1 aromatic rings. The van der Waals surface area contributed by atoms with E-state index >= 15 is 0 Å². The zero-order valence-corrected chi connectivity index (χ0v) is 21.1. The molecule has 0 spiro atoms. The topological polar surface area (TPSA) is 100 Å². The van der Waals surface area contributed by atoms with E-state index in [4.69, 9.17) is 14.6 Å². The molecule has 1 amide bonds. The van der Waals surface area contributed by atoms with Gasteiger partial charge in [0, 0.05) is 36.4 Å². The number of carboxylic acids is 1. The molecule has 34 heavy (non-hydrogen) atoms. The van der Waals surface area contributed by atoms with Gasteiger partial charge in [-0.25, -0.2) is 5.43 Å². The van der Waals surface area contributed by atoms with Gasteiger partial charge in [-0.05, 0) is 68.8 Å². The molecule has 1 aliphatic heterocycles. The number of amides is 1. The number of hydrazone groups is 1. The SMILES string of the molecule is COc1ccc([C@@]23CC/C(=N\NC(=O)CC(CC(=O)O)CC(C)C)C[C@@H]2N(C)CC3)cc1OC. The van der Waals surface area contributed by atoms with Gasteiger partial charge in [0.05, 0.1) is 14.2 Å². The predicted octanol–water partition coefficient (Wildman–Crippen LogP) is 3.83. The molecule has 0 aromatic heterocycles. The number of carbonyl (C=O) groups excluding carboxylic acids is 1. The molecule has 0 radical (unpaired) electrons. The molecule has 1 heterocycles. The summed E-state index contributed by atoms with van der Waals surface area (Å²) in [5.41, 5.74) is 4.97. The lowest BCUT2D eigenvalue weighted by Gasteiger charge is -2.42. The predicted molar refractivity (Wildman–Crippen MR) is 132 cm³/mol. The molecule has 1 aliphatic carbocycles. The molecule has 8 heteroatoms. The van der Waals surface area contributed by atoms with Crippen molar-refractivity contribution in [2.45, 2.75) is 70.3 Å². The summed E-state index contributed by atoms with van der Waals surface area (Å²) in [4.78, 5) is 26.1. The Bertz CT molecular complexity index is 916. The standard InChI is InChI=1S/C26H39N3O5/c1-17(2)12-18(14-25(31)32)13-24(30)28-27-20-8-9-26(10-11-29(3)23(26)16-20)19-6-7-21(33-4)22(15-19)34-5/h6-7,15,17-18,23H,8-14,16H2,1-5H3,(H,28,30)(H,31,32)/b27-20+/t18?,23-,26-/m0/s1. The Hall–Kier alpha value is -2.61. The average molecular weight is 474 g/mol. The fourth-order valence-corrected chi connectivity index (χ4v) is 5.79. The molecule has 1 aromatic carbocycles. The first-order chi connectivity index (χ1) is 16.2. The number of benzene rings is 1. The number of nitrogens with one attached hydrogen (secondary N) is 1. The smallest absolute Gasteiger partial charge is 0.303 e. The van der Waals surface area contributed by atoms with Gasteiger partial charge >= 0.3 is 5.97 Å². The molecule has 0 bridgehead atoms. The monoisotopic (exact) mass is 473 g/mol. The van der Waals surface area contributed by atoms with E-state index in [1.54, 1.807) is 14.2 Å². The fraction of sp³-hybridized carbons (Fsp3) is 0.654. The largest absolute Gasteiger partial charge is 0.493 e. The third kappa shape index (κ3) is 5.90. The van der Waals surface area contributed by atoms with Crippen LogP contribution in [0.4, 0.5) is 0 Å². The Morgan fingerprint density at radius 1 is 1.21 bits per heavy atom. The molecule has 1 unspecified atom stereocenters. The molecular formula is C26H39N3O5. The van der Waals surface area contributed by atoms with E-state index < -0.39 is 5.97 Å². The van der Waals surface area contributed by atoms with E-state index in [1.165, 1.54) is 5.56 Å². The second kappa shape index (κ2) is 11.2. The van der Waals surface area contributed by atoms with Gasteiger partial charge in [0.2, 0.25) is 5.91 Å². The number of ether oxygens (including phenoxy) is 2. The highest BCUT2D eigenvalue weighted by Crippen LogP contribution is 2.49. The van der Waals surface area contributed by atoms with Crippen molar-refractivity contribution in [3.63, 3.8) is 0 Å². The summed E-state index contributed by atoms with van der Waals surface area (Å²) in [6, 6.07) is 6.52. The van der Waals surface area contributed by atoms with Gasteiger partial charge < -0.3 is 19.5 Å². The minimum atomic E-state index is -0.868. The van der Waals surface area contributed by atoms with Crippen LogP contribution < -0.4 is 14.9 Å². The van der Waals surface area contributed by atoms with E-state index in [9.17, 15) is 9.59 Å². The normalized spacial score (nSPS) is 24.6. The number of aliphatic carboxylic acids is 1. The Morgan fingerprint density at radius 3 is 2.59 bits per heavy atom. The molecule has 1 saturated carbocycles. The number of likely N-dealkylation sites (N-methyl/N-ethyl adjacent to an activating group) is 1. The van der Waals surface area contributed by atoms with Crippen molar-refractivity contribution >= 4 is 17.6 Å². The molecule has 3 rings (SSSR count). The first kappa shape index (κ1) is 26.0. The van der Waals surface area contributed by atoms with E-state index in [1.807, 2.05) is 19.9 Å². The van der Waals surface area contributed by atoms with Gasteiger partial charge in [0.25, 0.3) is 0 Å². The fourth-order valence-electron chi connectivity index (χ4n) is 5.79. The highest BCUT2D eigenvalue weighted by atomic mass is 16.5. The lowest BCUT2D eigenvalue weighted by atomic mass is 9.65. The number of carboxylic acid groups (broad SMARTS) is 1. The lowest BCUT2D eigenvalue weighted by molar-refractivity contribution is -0.138. The van der Waals surface area contributed by atoms with Crippen LogP contribution in [0, 0.1) is 11.8 Å². The van der Waals surface area contributed by atoms with Gasteiger partial charge in [-0.1, -0.05) is 19.9 Å². The molecule has 3 atom stereocenters. The summed E-state index contributed by atoms with van der Waals surface area (Å²) in [7, 11) is 5.46. The van der Waals surface area contributed by atoms with Crippen LogP contribution in [0.1, 0.15) is 64.4 Å². The van der Waals surface area contributed by atoms with Crippen LogP contribution in [-0.2, 0) is 15.0 Å². The number of methoxy groups -OCH3 is 2. The zero-order chi connectivity index (χ0) is 24.9.